The average Bonchev–Trinajstić information content (AvgIpc) is 2.74. The molecule has 116 valence electrons. The molecule has 1 unspecified atom stereocenters. The van der Waals surface area contributed by atoms with E-state index < -0.39 is 5.97 Å². The molecular formula is C18H22N2O2. The fourth-order valence-electron chi connectivity index (χ4n) is 3.66. The number of fused-ring (bicyclic) bond motifs is 2. The third-order valence-electron chi connectivity index (χ3n) is 4.87. The van der Waals surface area contributed by atoms with Gasteiger partial charge in [0.1, 0.15) is 5.69 Å². The molecule has 0 N–H and O–H groups in total. The summed E-state index contributed by atoms with van der Waals surface area (Å²) in [6.07, 6.45) is 4.93. The summed E-state index contributed by atoms with van der Waals surface area (Å²) in [5.41, 5.74) is 1.96. The van der Waals surface area contributed by atoms with Gasteiger partial charge in [0.05, 0.1) is 7.11 Å². The second-order valence-corrected chi connectivity index (χ2v) is 6.36. The first-order valence-electron chi connectivity index (χ1n) is 7.87. The van der Waals surface area contributed by atoms with E-state index in [9.17, 15) is 4.79 Å². The van der Waals surface area contributed by atoms with Gasteiger partial charge in [0.2, 0.25) is 0 Å². The van der Waals surface area contributed by atoms with E-state index in [1.807, 2.05) is 13.0 Å². The van der Waals surface area contributed by atoms with Crippen LogP contribution in [0.25, 0.3) is 0 Å². The Kier molecular flexibility index (Phi) is 4.17. The van der Waals surface area contributed by atoms with Gasteiger partial charge in [0, 0.05) is 29.3 Å². The van der Waals surface area contributed by atoms with Crippen LogP contribution >= 0.6 is 0 Å². The van der Waals surface area contributed by atoms with Crippen molar-refractivity contribution in [1.29, 1.82) is 0 Å². The first-order valence-corrected chi connectivity index (χ1v) is 7.87. The molecule has 0 radical (unpaired) electrons. The molecule has 2 aliphatic heterocycles. The van der Waals surface area contributed by atoms with Crippen LogP contribution in [0.2, 0.25) is 0 Å². The molecule has 4 nitrogen and oxygen atoms in total. The molecule has 1 aromatic heterocycles. The molecule has 2 bridgehead atoms. The van der Waals surface area contributed by atoms with Gasteiger partial charge in [-0.3, -0.25) is 0 Å². The van der Waals surface area contributed by atoms with Gasteiger partial charge in [-0.2, -0.15) is 0 Å². The standard InChI is InChI=1S/C18H22N2O2/c1-12-8-13(11-17(19-12)18(21)22-3)4-5-14-9-15-6-7-16(10-14)20(15)2/h8,11,14-16H,6-7,9-10H2,1-3H3/t14?,15-,16+. The zero-order valence-corrected chi connectivity index (χ0v) is 13.4. The molecular weight excluding hydrogens is 276 g/mol. The molecule has 0 spiro atoms. The number of hydrogen-bond donors (Lipinski definition) is 0. The minimum Gasteiger partial charge on any atom is -0.464 e. The van der Waals surface area contributed by atoms with Crippen molar-refractivity contribution in [3.05, 3.63) is 29.1 Å². The number of aromatic nitrogens is 1. The molecule has 3 heterocycles. The summed E-state index contributed by atoms with van der Waals surface area (Å²) in [6.45, 7) is 1.87. The van der Waals surface area contributed by atoms with Crippen molar-refractivity contribution in [1.82, 2.24) is 9.88 Å². The lowest BCUT2D eigenvalue weighted by atomic mass is 9.91. The van der Waals surface area contributed by atoms with E-state index in [0.717, 1.165) is 24.1 Å². The highest BCUT2D eigenvalue weighted by atomic mass is 16.5. The molecule has 0 aromatic carbocycles. The third kappa shape index (κ3) is 3.00. The predicted molar refractivity (Wildman–Crippen MR) is 84.5 cm³/mol. The minimum atomic E-state index is -0.413. The Morgan fingerprint density at radius 3 is 2.64 bits per heavy atom. The zero-order chi connectivity index (χ0) is 15.7. The molecule has 2 saturated heterocycles. The van der Waals surface area contributed by atoms with Gasteiger partial charge in [-0.05, 0) is 51.8 Å². The van der Waals surface area contributed by atoms with E-state index in [1.54, 1.807) is 6.07 Å². The van der Waals surface area contributed by atoms with E-state index in [1.165, 1.54) is 20.0 Å². The van der Waals surface area contributed by atoms with Gasteiger partial charge in [0.15, 0.2) is 0 Å². The maximum Gasteiger partial charge on any atom is 0.356 e. The lowest BCUT2D eigenvalue weighted by Gasteiger charge is -2.34. The number of nitrogens with zero attached hydrogens (tertiary/aromatic N) is 2. The topological polar surface area (TPSA) is 42.4 Å². The fourth-order valence-corrected chi connectivity index (χ4v) is 3.66. The maximum atomic E-state index is 11.6. The summed E-state index contributed by atoms with van der Waals surface area (Å²) >= 11 is 0. The monoisotopic (exact) mass is 298 g/mol. The molecule has 4 heteroatoms. The van der Waals surface area contributed by atoms with Crippen LogP contribution in [0.3, 0.4) is 0 Å². The van der Waals surface area contributed by atoms with Crippen molar-refractivity contribution < 1.29 is 9.53 Å². The molecule has 2 aliphatic rings. The first kappa shape index (κ1) is 15.1. The summed E-state index contributed by atoms with van der Waals surface area (Å²) in [7, 11) is 3.60. The second-order valence-electron chi connectivity index (χ2n) is 6.36. The van der Waals surface area contributed by atoms with Crippen LogP contribution in [0.1, 0.15) is 47.4 Å². The van der Waals surface area contributed by atoms with Crippen LogP contribution in [-0.4, -0.2) is 42.1 Å². The van der Waals surface area contributed by atoms with E-state index >= 15 is 0 Å². The van der Waals surface area contributed by atoms with Gasteiger partial charge in [-0.25, -0.2) is 9.78 Å². The minimum absolute atomic E-state index is 0.329. The zero-order valence-electron chi connectivity index (χ0n) is 13.4. The predicted octanol–water partition coefficient (Wildman–Crippen LogP) is 2.40. The molecule has 0 aliphatic carbocycles. The number of carbonyl (C=O) groups is 1. The van der Waals surface area contributed by atoms with Crippen LogP contribution in [0.4, 0.5) is 0 Å². The van der Waals surface area contributed by atoms with E-state index in [0.29, 0.717) is 23.7 Å². The Labute approximate surface area is 131 Å². The van der Waals surface area contributed by atoms with Gasteiger partial charge < -0.3 is 9.64 Å². The fraction of sp³-hybridized carbons (Fsp3) is 0.556. The van der Waals surface area contributed by atoms with Crippen LogP contribution in [0.15, 0.2) is 12.1 Å². The van der Waals surface area contributed by atoms with Gasteiger partial charge in [-0.1, -0.05) is 11.8 Å². The summed E-state index contributed by atoms with van der Waals surface area (Å²) < 4.78 is 4.73. The number of hydrogen-bond acceptors (Lipinski definition) is 4. The highest BCUT2D eigenvalue weighted by molar-refractivity contribution is 5.87. The quantitative estimate of drug-likeness (QED) is 0.590. The maximum absolute atomic E-state index is 11.6. The Bertz CT molecular complexity index is 630. The summed E-state index contributed by atoms with van der Waals surface area (Å²) in [5, 5.41) is 0. The summed E-state index contributed by atoms with van der Waals surface area (Å²) in [4.78, 5) is 18.3. The van der Waals surface area contributed by atoms with E-state index in [4.69, 9.17) is 4.74 Å². The Balaban J connectivity index is 1.77. The van der Waals surface area contributed by atoms with Crippen molar-refractivity contribution in [2.45, 2.75) is 44.7 Å². The number of carbonyl (C=O) groups excluding carboxylic acids is 1. The number of rotatable bonds is 1. The normalized spacial score (nSPS) is 27.1. The van der Waals surface area contributed by atoms with Crippen molar-refractivity contribution >= 4 is 5.97 Å². The van der Waals surface area contributed by atoms with E-state index in [2.05, 4.69) is 28.8 Å². The lowest BCUT2D eigenvalue weighted by Crippen LogP contribution is -2.39. The molecule has 0 saturated carbocycles. The van der Waals surface area contributed by atoms with Crippen LogP contribution in [-0.2, 0) is 4.74 Å². The number of methoxy groups -OCH3 is 1. The highest BCUT2D eigenvalue weighted by Crippen LogP contribution is 2.37. The van der Waals surface area contributed by atoms with Crippen molar-refractivity contribution in [2.24, 2.45) is 5.92 Å². The summed E-state index contributed by atoms with van der Waals surface area (Å²) in [6, 6.07) is 5.03. The van der Waals surface area contributed by atoms with E-state index in [-0.39, 0.29) is 0 Å². The van der Waals surface area contributed by atoms with Crippen molar-refractivity contribution in [2.75, 3.05) is 14.2 Å². The number of piperidine rings is 1. The van der Waals surface area contributed by atoms with Gasteiger partial charge in [0.25, 0.3) is 0 Å². The second kappa shape index (κ2) is 6.10. The third-order valence-corrected chi connectivity index (χ3v) is 4.87. The Morgan fingerprint density at radius 1 is 1.32 bits per heavy atom. The Hall–Kier alpha value is -1.86. The largest absolute Gasteiger partial charge is 0.464 e. The number of pyridine rings is 1. The van der Waals surface area contributed by atoms with Gasteiger partial charge >= 0.3 is 5.97 Å². The van der Waals surface area contributed by atoms with Crippen molar-refractivity contribution in [3.8, 4) is 11.8 Å². The smallest absolute Gasteiger partial charge is 0.356 e. The van der Waals surface area contributed by atoms with Crippen molar-refractivity contribution in [3.63, 3.8) is 0 Å². The first-order chi connectivity index (χ1) is 10.6. The highest BCUT2D eigenvalue weighted by Gasteiger charge is 2.37. The lowest BCUT2D eigenvalue weighted by molar-refractivity contribution is 0.0593. The average molecular weight is 298 g/mol. The molecule has 22 heavy (non-hydrogen) atoms. The Morgan fingerprint density at radius 2 is 2.00 bits per heavy atom. The SMILES string of the molecule is COC(=O)c1cc(C#CC2C[C@H]3CC[C@@H](C2)N3C)cc(C)n1. The van der Waals surface area contributed by atoms with Crippen LogP contribution in [0.5, 0.6) is 0 Å². The van der Waals surface area contributed by atoms with Crippen LogP contribution < -0.4 is 0 Å². The molecule has 1 aromatic rings. The summed E-state index contributed by atoms with van der Waals surface area (Å²) in [5.74, 6) is 6.70. The number of aryl methyl sites for hydroxylation is 1. The van der Waals surface area contributed by atoms with Crippen LogP contribution in [0, 0.1) is 24.7 Å². The molecule has 0 amide bonds. The van der Waals surface area contributed by atoms with Gasteiger partial charge in [-0.15, -0.1) is 0 Å². The number of ether oxygens (including phenoxy) is 1. The molecule has 3 rings (SSSR count). The molecule has 2 fully saturated rings. The molecule has 3 atom stereocenters. The number of esters is 1.